The van der Waals surface area contributed by atoms with Crippen LogP contribution >= 0.6 is 11.6 Å². The number of alkyl halides is 1. The van der Waals surface area contributed by atoms with Crippen molar-refractivity contribution in [3.05, 3.63) is 21.0 Å². The van der Waals surface area contributed by atoms with Crippen molar-refractivity contribution in [2.24, 2.45) is 7.05 Å². The quantitative estimate of drug-likeness (QED) is 0.698. The Kier molecular flexibility index (Phi) is 2.99. The highest BCUT2D eigenvalue weighted by atomic mass is 35.5. The molecule has 0 amide bonds. The molecule has 7 heteroatoms. The molecule has 1 heterocycles. The van der Waals surface area contributed by atoms with Crippen LogP contribution in [-0.4, -0.2) is 33.6 Å². The molecule has 0 aromatic carbocycles. The van der Waals surface area contributed by atoms with Gasteiger partial charge in [-0.15, -0.1) is 11.6 Å². The van der Waals surface area contributed by atoms with Gasteiger partial charge in [0.2, 0.25) is 5.95 Å². The molecule has 0 unspecified atom stereocenters. The fourth-order valence-electron chi connectivity index (χ4n) is 1.99. The predicted molar refractivity (Wildman–Crippen MR) is 66.0 cm³/mol. The van der Waals surface area contributed by atoms with Gasteiger partial charge in [-0.2, -0.15) is 4.98 Å². The minimum atomic E-state index is -0.495. The smallest absolute Gasteiger partial charge is 0.348 e. The van der Waals surface area contributed by atoms with Crippen LogP contribution in [0.1, 0.15) is 18.9 Å². The third-order valence-corrected chi connectivity index (χ3v) is 3.37. The standard InChI is InChI=1S/C10H15ClN4O2/c1-13(2)8-12-9(16)15(10(17)14(8)3)7-4-6(11)5-7/h6-7H,4-5H2,1-3H3. The fourth-order valence-corrected chi connectivity index (χ4v) is 2.40. The SMILES string of the molecule is CN(C)c1nc(=O)n(C2CC(Cl)C2)c(=O)n1C. The van der Waals surface area contributed by atoms with E-state index in [9.17, 15) is 9.59 Å². The van der Waals surface area contributed by atoms with Gasteiger partial charge in [-0.25, -0.2) is 14.2 Å². The van der Waals surface area contributed by atoms with Gasteiger partial charge in [-0.3, -0.25) is 4.57 Å². The van der Waals surface area contributed by atoms with Gasteiger partial charge in [0, 0.05) is 32.6 Å². The molecule has 0 N–H and O–H groups in total. The average molecular weight is 259 g/mol. The van der Waals surface area contributed by atoms with Gasteiger partial charge in [0.25, 0.3) is 0 Å². The van der Waals surface area contributed by atoms with Crippen molar-refractivity contribution < 1.29 is 0 Å². The Hall–Kier alpha value is -1.30. The Balaban J connectivity index is 2.52. The zero-order valence-electron chi connectivity index (χ0n) is 10.1. The molecule has 1 aromatic rings. The van der Waals surface area contributed by atoms with Crippen LogP contribution in [0.5, 0.6) is 0 Å². The van der Waals surface area contributed by atoms with Gasteiger partial charge in [0.05, 0.1) is 0 Å². The Bertz CT molecular complexity index is 542. The minimum absolute atomic E-state index is 0.0603. The number of halogens is 1. The number of nitrogens with zero attached hydrogens (tertiary/aromatic N) is 4. The molecule has 1 saturated carbocycles. The summed E-state index contributed by atoms with van der Waals surface area (Å²) in [6.07, 6.45) is 1.30. The second kappa shape index (κ2) is 4.18. The second-order valence-electron chi connectivity index (χ2n) is 4.52. The lowest BCUT2D eigenvalue weighted by atomic mass is 9.92. The van der Waals surface area contributed by atoms with Crippen molar-refractivity contribution in [1.29, 1.82) is 0 Å². The summed E-state index contributed by atoms with van der Waals surface area (Å²) in [6.45, 7) is 0. The number of rotatable bonds is 2. The van der Waals surface area contributed by atoms with Gasteiger partial charge >= 0.3 is 11.4 Å². The zero-order valence-corrected chi connectivity index (χ0v) is 10.8. The molecule has 6 nitrogen and oxygen atoms in total. The van der Waals surface area contributed by atoms with Crippen LogP contribution < -0.4 is 16.3 Å². The monoisotopic (exact) mass is 258 g/mol. The lowest BCUT2D eigenvalue weighted by Crippen LogP contribution is -2.48. The van der Waals surface area contributed by atoms with Crippen molar-refractivity contribution in [1.82, 2.24) is 14.1 Å². The van der Waals surface area contributed by atoms with Crippen LogP contribution in [0.25, 0.3) is 0 Å². The summed E-state index contributed by atoms with van der Waals surface area (Å²) in [5, 5.41) is 0.0603. The van der Waals surface area contributed by atoms with Gasteiger partial charge < -0.3 is 4.90 Å². The van der Waals surface area contributed by atoms with E-state index in [1.165, 1.54) is 9.13 Å². The fraction of sp³-hybridized carbons (Fsp3) is 0.700. The maximum absolute atomic E-state index is 12.1. The van der Waals surface area contributed by atoms with E-state index in [0.29, 0.717) is 18.8 Å². The first-order chi connectivity index (χ1) is 7.91. The van der Waals surface area contributed by atoms with Crippen molar-refractivity contribution in [3.63, 3.8) is 0 Å². The molecule has 94 valence electrons. The summed E-state index contributed by atoms with van der Waals surface area (Å²) in [5.41, 5.74) is -0.826. The highest BCUT2D eigenvalue weighted by molar-refractivity contribution is 6.21. The van der Waals surface area contributed by atoms with E-state index in [0.717, 1.165) is 0 Å². The van der Waals surface area contributed by atoms with E-state index in [2.05, 4.69) is 4.98 Å². The molecule has 17 heavy (non-hydrogen) atoms. The number of aromatic nitrogens is 3. The highest BCUT2D eigenvalue weighted by Crippen LogP contribution is 2.34. The molecule has 0 spiro atoms. The summed E-state index contributed by atoms with van der Waals surface area (Å²) >= 11 is 5.87. The molecule has 0 radical (unpaired) electrons. The maximum Gasteiger partial charge on any atom is 0.355 e. The van der Waals surface area contributed by atoms with Crippen LogP contribution in [0.3, 0.4) is 0 Å². The van der Waals surface area contributed by atoms with Crippen molar-refractivity contribution >= 4 is 17.5 Å². The highest BCUT2D eigenvalue weighted by Gasteiger charge is 2.32. The predicted octanol–water partition coefficient (Wildman–Crippen LogP) is -0.0497. The molecule has 0 saturated heterocycles. The molecule has 1 fully saturated rings. The lowest BCUT2D eigenvalue weighted by Gasteiger charge is -2.31. The molecule has 0 aliphatic heterocycles. The van der Waals surface area contributed by atoms with Crippen molar-refractivity contribution in [2.75, 3.05) is 19.0 Å². The van der Waals surface area contributed by atoms with Crippen molar-refractivity contribution in [2.45, 2.75) is 24.3 Å². The zero-order chi connectivity index (χ0) is 12.7. The topological polar surface area (TPSA) is 60.1 Å². The molecule has 1 aliphatic carbocycles. The van der Waals surface area contributed by atoms with E-state index >= 15 is 0 Å². The lowest BCUT2D eigenvalue weighted by molar-refractivity contribution is 0.294. The minimum Gasteiger partial charge on any atom is -0.348 e. The van der Waals surface area contributed by atoms with Gasteiger partial charge in [-0.05, 0) is 12.8 Å². The molecular formula is C10H15ClN4O2. The number of hydrogen-bond acceptors (Lipinski definition) is 4. The molecule has 2 rings (SSSR count). The maximum atomic E-state index is 12.1. The number of hydrogen-bond donors (Lipinski definition) is 0. The largest absolute Gasteiger partial charge is 0.355 e. The Labute approximate surface area is 103 Å². The van der Waals surface area contributed by atoms with Gasteiger partial charge in [0.1, 0.15) is 0 Å². The Morgan fingerprint density at radius 2 is 1.94 bits per heavy atom. The second-order valence-corrected chi connectivity index (χ2v) is 5.14. The summed E-state index contributed by atoms with van der Waals surface area (Å²) in [4.78, 5) is 29.5. The van der Waals surface area contributed by atoms with E-state index in [-0.39, 0.29) is 17.1 Å². The average Bonchev–Trinajstić information content (AvgIpc) is 2.20. The van der Waals surface area contributed by atoms with Crippen LogP contribution in [0.2, 0.25) is 0 Å². The van der Waals surface area contributed by atoms with Crippen LogP contribution in [0, 0.1) is 0 Å². The summed E-state index contributed by atoms with van der Waals surface area (Å²) in [6, 6.07) is -0.104. The van der Waals surface area contributed by atoms with Crippen molar-refractivity contribution in [3.8, 4) is 0 Å². The first-order valence-electron chi connectivity index (χ1n) is 5.42. The third-order valence-electron chi connectivity index (χ3n) is 3.02. The first-order valence-corrected chi connectivity index (χ1v) is 5.86. The molecule has 1 aromatic heterocycles. The number of anilines is 1. The molecular weight excluding hydrogens is 244 g/mol. The van der Waals surface area contributed by atoms with Crippen LogP contribution in [0.4, 0.5) is 5.95 Å². The molecule has 0 bridgehead atoms. The molecule has 0 atom stereocenters. The third kappa shape index (κ3) is 1.97. The van der Waals surface area contributed by atoms with Crippen LogP contribution in [0.15, 0.2) is 9.59 Å². The first kappa shape index (κ1) is 12.2. The van der Waals surface area contributed by atoms with E-state index in [1.54, 1.807) is 26.0 Å². The Morgan fingerprint density at radius 3 is 2.41 bits per heavy atom. The van der Waals surface area contributed by atoms with E-state index in [4.69, 9.17) is 11.6 Å². The Morgan fingerprint density at radius 1 is 1.35 bits per heavy atom. The van der Waals surface area contributed by atoms with E-state index < -0.39 is 5.69 Å². The van der Waals surface area contributed by atoms with Gasteiger partial charge in [0.15, 0.2) is 0 Å². The normalized spacial score (nSPS) is 23.3. The summed E-state index contributed by atoms with van der Waals surface area (Å²) < 4.78 is 2.58. The van der Waals surface area contributed by atoms with E-state index in [1.807, 2.05) is 0 Å². The summed E-state index contributed by atoms with van der Waals surface area (Å²) in [7, 11) is 5.09. The summed E-state index contributed by atoms with van der Waals surface area (Å²) in [5.74, 6) is 0.359. The molecule has 1 aliphatic rings. The van der Waals surface area contributed by atoms with Crippen LogP contribution in [-0.2, 0) is 7.05 Å². The van der Waals surface area contributed by atoms with Gasteiger partial charge in [-0.1, -0.05) is 0 Å².